The molecule has 26 heavy (non-hydrogen) atoms. The highest BCUT2D eigenvalue weighted by Gasteiger charge is 2.16. The van der Waals surface area contributed by atoms with Gasteiger partial charge in [0.15, 0.2) is 5.16 Å². The van der Waals surface area contributed by atoms with Crippen molar-refractivity contribution in [3.05, 3.63) is 72.1 Å². The van der Waals surface area contributed by atoms with E-state index in [1.54, 1.807) is 17.8 Å². The van der Waals surface area contributed by atoms with Crippen molar-refractivity contribution in [1.29, 1.82) is 0 Å². The van der Waals surface area contributed by atoms with Gasteiger partial charge in [-0.3, -0.25) is 9.36 Å². The normalized spacial score (nSPS) is 12.0. The van der Waals surface area contributed by atoms with Gasteiger partial charge in [0.2, 0.25) is 5.91 Å². The number of para-hydroxylation sites is 1. The van der Waals surface area contributed by atoms with Crippen LogP contribution in [0.5, 0.6) is 0 Å². The number of halogens is 2. The number of carbonyl (C=O) groups excluding carboxylic acids is 1. The molecule has 3 rings (SSSR count). The molecule has 8 heteroatoms. The zero-order valence-electron chi connectivity index (χ0n) is 13.9. The molecule has 0 aliphatic heterocycles. The van der Waals surface area contributed by atoms with Gasteiger partial charge in [0.25, 0.3) is 0 Å². The van der Waals surface area contributed by atoms with E-state index in [2.05, 4.69) is 15.5 Å². The van der Waals surface area contributed by atoms with E-state index < -0.39 is 17.7 Å². The summed E-state index contributed by atoms with van der Waals surface area (Å²) in [5.74, 6) is -1.53. The molecule has 0 aliphatic rings. The summed E-state index contributed by atoms with van der Waals surface area (Å²) in [6.07, 6.45) is 1.58. The lowest BCUT2D eigenvalue weighted by Gasteiger charge is -2.15. The number of amides is 1. The summed E-state index contributed by atoms with van der Waals surface area (Å²) < 4.78 is 28.5. The Kier molecular flexibility index (Phi) is 5.62. The predicted molar refractivity (Wildman–Crippen MR) is 95.0 cm³/mol. The molecule has 0 unspecified atom stereocenters. The molecular weight excluding hydrogens is 358 g/mol. The molecule has 0 saturated carbocycles. The smallest absolute Gasteiger partial charge is 0.230 e. The number of nitrogens with zero attached hydrogens (tertiary/aromatic N) is 3. The van der Waals surface area contributed by atoms with Crippen molar-refractivity contribution in [2.24, 2.45) is 0 Å². The maximum atomic E-state index is 13.8. The highest BCUT2D eigenvalue weighted by atomic mass is 32.2. The van der Waals surface area contributed by atoms with Crippen LogP contribution in [0.3, 0.4) is 0 Å². The number of thioether (sulfide) groups is 1. The van der Waals surface area contributed by atoms with Crippen LogP contribution in [-0.4, -0.2) is 26.4 Å². The summed E-state index contributed by atoms with van der Waals surface area (Å²) in [4.78, 5) is 12.2. The summed E-state index contributed by atoms with van der Waals surface area (Å²) in [6.45, 7) is 1.64. The van der Waals surface area contributed by atoms with Crippen LogP contribution in [0.25, 0.3) is 5.69 Å². The number of benzene rings is 2. The van der Waals surface area contributed by atoms with Gasteiger partial charge in [0, 0.05) is 17.3 Å². The monoisotopic (exact) mass is 374 g/mol. The Morgan fingerprint density at radius 2 is 2.00 bits per heavy atom. The Bertz CT molecular complexity index is 901. The van der Waals surface area contributed by atoms with Gasteiger partial charge in [0.1, 0.15) is 18.0 Å². The van der Waals surface area contributed by atoms with Crippen LogP contribution in [0.15, 0.2) is 60.0 Å². The molecule has 5 nitrogen and oxygen atoms in total. The zero-order valence-corrected chi connectivity index (χ0v) is 14.7. The lowest BCUT2D eigenvalue weighted by Crippen LogP contribution is -2.28. The van der Waals surface area contributed by atoms with Crippen molar-refractivity contribution >= 4 is 17.7 Å². The largest absolute Gasteiger partial charge is 0.349 e. The van der Waals surface area contributed by atoms with Crippen LogP contribution in [-0.2, 0) is 4.79 Å². The summed E-state index contributed by atoms with van der Waals surface area (Å²) in [5.41, 5.74) is 1.12. The molecule has 0 radical (unpaired) electrons. The maximum absolute atomic E-state index is 13.8. The minimum atomic E-state index is -0.686. The first-order valence-corrected chi connectivity index (χ1v) is 8.85. The Hall–Kier alpha value is -2.74. The molecule has 0 fully saturated rings. The molecule has 1 aromatic heterocycles. The fourth-order valence-electron chi connectivity index (χ4n) is 2.43. The first kappa shape index (κ1) is 18.1. The van der Waals surface area contributed by atoms with E-state index >= 15 is 0 Å². The van der Waals surface area contributed by atoms with Gasteiger partial charge < -0.3 is 5.32 Å². The topological polar surface area (TPSA) is 59.8 Å². The third-order valence-corrected chi connectivity index (χ3v) is 4.63. The SMILES string of the molecule is C[C@H](NC(=O)CSc1nncn1-c1ccccc1)c1ccc(F)cc1F. The average molecular weight is 374 g/mol. The lowest BCUT2D eigenvalue weighted by molar-refractivity contribution is -0.119. The third-order valence-electron chi connectivity index (χ3n) is 3.69. The minimum absolute atomic E-state index is 0.0959. The lowest BCUT2D eigenvalue weighted by atomic mass is 10.1. The summed E-state index contributed by atoms with van der Waals surface area (Å²) in [6, 6.07) is 12.2. The zero-order chi connectivity index (χ0) is 18.5. The number of rotatable bonds is 6. The van der Waals surface area contributed by atoms with Gasteiger partial charge in [-0.15, -0.1) is 10.2 Å². The van der Waals surface area contributed by atoms with E-state index in [0.717, 1.165) is 17.8 Å². The van der Waals surface area contributed by atoms with Gasteiger partial charge >= 0.3 is 0 Å². The van der Waals surface area contributed by atoms with Gasteiger partial charge in [-0.05, 0) is 25.1 Å². The Morgan fingerprint density at radius 3 is 2.73 bits per heavy atom. The van der Waals surface area contributed by atoms with E-state index in [1.165, 1.54) is 17.8 Å². The second-order valence-corrected chi connectivity index (χ2v) is 6.51. The Morgan fingerprint density at radius 1 is 1.23 bits per heavy atom. The molecule has 2 aromatic carbocycles. The van der Waals surface area contributed by atoms with Crippen LogP contribution in [0.4, 0.5) is 8.78 Å². The summed E-state index contributed by atoms with van der Waals surface area (Å²) in [7, 11) is 0. The van der Waals surface area contributed by atoms with Crippen molar-refractivity contribution in [1.82, 2.24) is 20.1 Å². The van der Waals surface area contributed by atoms with E-state index in [4.69, 9.17) is 0 Å². The number of hydrogen-bond acceptors (Lipinski definition) is 4. The fourth-order valence-corrected chi connectivity index (χ4v) is 3.17. The van der Waals surface area contributed by atoms with Crippen molar-refractivity contribution in [3.63, 3.8) is 0 Å². The molecule has 0 bridgehead atoms. The van der Waals surface area contributed by atoms with Gasteiger partial charge in [-0.1, -0.05) is 36.0 Å². The Labute approximate surface area is 153 Å². The van der Waals surface area contributed by atoms with Crippen molar-refractivity contribution in [2.45, 2.75) is 18.1 Å². The predicted octanol–water partition coefficient (Wildman–Crippen LogP) is 3.52. The molecule has 0 spiro atoms. The van der Waals surface area contributed by atoms with Gasteiger partial charge in [-0.25, -0.2) is 8.78 Å². The molecule has 134 valence electrons. The minimum Gasteiger partial charge on any atom is -0.349 e. The van der Waals surface area contributed by atoms with Crippen LogP contribution < -0.4 is 5.32 Å². The van der Waals surface area contributed by atoms with Gasteiger partial charge in [0.05, 0.1) is 11.8 Å². The number of nitrogens with one attached hydrogen (secondary N) is 1. The first-order chi connectivity index (χ1) is 12.5. The second-order valence-electron chi connectivity index (χ2n) is 5.56. The van der Waals surface area contributed by atoms with Crippen molar-refractivity contribution < 1.29 is 13.6 Å². The summed E-state index contributed by atoms with van der Waals surface area (Å²) >= 11 is 1.22. The average Bonchev–Trinajstić information content (AvgIpc) is 3.09. The third kappa shape index (κ3) is 4.26. The van der Waals surface area contributed by atoms with E-state index in [9.17, 15) is 13.6 Å². The van der Waals surface area contributed by atoms with Crippen LogP contribution in [0.2, 0.25) is 0 Å². The molecule has 1 heterocycles. The van der Waals surface area contributed by atoms with E-state index in [0.29, 0.717) is 5.16 Å². The molecular formula is C18H16F2N4OS. The van der Waals surface area contributed by atoms with Crippen LogP contribution >= 0.6 is 11.8 Å². The second kappa shape index (κ2) is 8.09. The van der Waals surface area contributed by atoms with Crippen molar-refractivity contribution in [3.8, 4) is 5.69 Å². The maximum Gasteiger partial charge on any atom is 0.230 e. The van der Waals surface area contributed by atoms with Crippen LogP contribution in [0, 0.1) is 11.6 Å². The highest BCUT2D eigenvalue weighted by molar-refractivity contribution is 7.99. The standard InChI is InChI=1S/C18H16F2N4OS/c1-12(15-8-7-13(19)9-16(15)20)22-17(25)10-26-18-23-21-11-24(18)14-5-3-2-4-6-14/h2-9,11-12H,10H2,1H3,(H,22,25)/t12-/m0/s1. The molecule has 0 saturated heterocycles. The van der Waals surface area contributed by atoms with Gasteiger partial charge in [-0.2, -0.15) is 0 Å². The number of hydrogen-bond donors (Lipinski definition) is 1. The molecule has 1 N–H and O–H groups in total. The first-order valence-electron chi connectivity index (χ1n) is 7.87. The van der Waals surface area contributed by atoms with Crippen LogP contribution in [0.1, 0.15) is 18.5 Å². The van der Waals surface area contributed by atoms with Crippen molar-refractivity contribution in [2.75, 3.05) is 5.75 Å². The summed E-state index contributed by atoms with van der Waals surface area (Å²) in [5, 5.41) is 11.2. The molecule has 1 amide bonds. The number of aromatic nitrogens is 3. The van der Waals surface area contributed by atoms with E-state index in [-0.39, 0.29) is 17.2 Å². The quantitative estimate of drug-likeness (QED) is 0.671. The number of carbonyl (C=O) groups is 1. The fraction of sp³-hybridized carbons (Fsp3) is 0.167. The Balaban J connectivity index is 1.61. The van der Waals surface area contributed by atoms with E-state index in [1.807, 2.05) is 30.3 Å². The molecule has 0 aliphatic carbocycles. The highest BCUT2D eigenvalue weighted by Crippen LogP contribution is 2.21. The molecule has 1 atom stereocenters. The molecule has 3 aromatic rings.